The lowest BCUT2D eigenvalue weighted by atomic mass is 10.1. The molecule has 0 saturated carbocycles. The number of rotatable bonds is 7. The predicted octanol–water partition coefficient (Wildman–Crippen LogP) is 2.30. The second-order valence-electron chi connectivity index (χ2n) is 3.85. The van der Waals surface area contributed by atoms with Gasteiger partial charge >= 0.3 is 0 Å². The molecule has 0 saturated heterocycles. The molecule has 94 valence electrons. The molecule has 0 spiro atoms. The average molecular weight is 237 g/mol. The molecular weight excluding hydrogens is 218 g/mol. The first-order chi connectivity index (χ1) is 8.13. The van der Waals surface area contributed by atoms with Crippen LogP contribution in [-0.4, -0.2) is 23.4 Å². The lowest BCUT2D eigenvalue weighted by Gasteiger charge is -2.14. The maximum atomic E-state index is 9.37. The summed E-state index contributed by atoms with van der Waals surface area (Å²) in [5.41, 5.74) is 0.854. The molecule has 4 nitrogen and oxygen atoms in total. The molecule has 0 radical (unpaired) electrons. The van der Waals surface area contributed by atoms with Crippen molar-refractivity contribution in [2.45, 2.75) is 19.4 Å². The van der Waals surface area contributed by atoms with E-state index in [1.807, 2.05) is 6.92 Å². The normalized spacial score (nSPS) is 12.1. The summed E-state index contributed by atoms with van der Waals surface area (Å²) in [5, 5.41) is 22.0. The van der Waals surface area contributed by atoms with Crippen LogP contribution in [0.15, 0.2) is 31.0 Å². The maximum Gasteiger partial charge on any atom is 0.119 e. The first-order valence-electron chi connectivity index (χ1n) is 5.62. The van der Waals surface area contributed by atoms with Crippen molar-refractivity contribution < 1.29 is 14.9 Å². The number of ether oxygens (including phenoxy) is 1. The average Bonchev–Trinajstić information content (AvgIpc) is 2.27. The van der Waals surface area contributed by atoms with Crippen LogP contribution in [-0.2, 0) is 4.74 Å². The Balaban J connectivity index is 2.40. The van der Waals surface area contributed by atoms with Crippen LogP contribution in [0.25, 0.3) is 0 Å². The first-order valence-corrected chi connectivity index (χ1v) is 5.62. The molecular formula is C13H19NO3. The Hall–Kier alpha value is -1.68. The Kier molecular flexibility index (Phi) is 5.36. The van der Waals surface area contributed by atoms with E-state index in [4.69, 9.17) is 4.74 Å². The van der Waals surface area contributed by atoms with Gasteiger partial charge in [0.15, 0.2) is 0 Å². The second-order valence-corrected chi connectivity index (χ2v) is 3.85. The van der Waals surface area contributed by atoms with Gasteiger partial charge in [0.25, 0.3) is 0 Å². The third-order valence-electron chi connectivity index (χ3n) is 2.43. The number of aromatic hydroxyl groups is 2. The predicted molar refractivity (Wildman–Crippen MR) is 67.0 cm³/mol. The first kappa shape index (κ1) is 13.4. The highest BCUT2D eigenvalue weighted by molar-refractivity contribution is 5.37. The zero-order valence-corrected chi connectivity index (χ0v) is 10.0. The molecule has 1 aromatic rings. The number of hydrogen-bond donors (Lipinski definition) is 3. The smallest absolute Gasteiger partial charge is 0.119 e. The van der Waals surface area contributed by atoms with Crippen molar-refractivity contribution in [1.29, 1.82) is 0 Å². The summed E-state index contributed by atoms with van der Waals surface area (Å²) in [4.78, 5) is 0. The van der Waals surface area contributed by atoms with Crippen LogP contribution >= 0.6 is 0 Å². The van der Waals surface area contributed by atoms with Crippen LogP contribution in [0.5, 0.6) is 11.5 Å². The summed E-state index contributed by atoms with van der Waals surface area (Å²) in [6.07, 6.45) is 2.30. The molecule has 0 aromatic heterocycles. The fourth-order valence-electron chi connectivity index (χ4n) is 1.54. The SMILES string of the molecule is C=COCCCNC(C)c1cc(O)cc(O)c1. The molecule has 4 heteroatoms. The largest absolute Gasteiger partial charge is 0.508 e. The molecule has 0 aliphatic rings. The van der Waals surface area contributed by atoms with Gasteiger partial charge in [0, 0.05) is 12.1 Å². The summed E-state index contributed by atoms with van der Waals surface area (Å²) in [5.74, 6) is 0.146. The topological polar surface area (TPSA) is 61.7 Å². The monoisotopic (exact) mass is 237 g/mol. The summed E-state index contributed by atoms with van der Waals surface area (Å²) >= 11 is 0. The van der Waals surface area contributed by atoms with Crippen molar-refractivity contribution >= 4 is 0 Å². The van der Waals surface area contributed by atoms with E-state index in [9.17, 15) is 10.2 Å². The molecule has 3 N–H and O–H groups in total. The van der Waals surface area contributed by atoms with E-state index in [1.54, 1.807) is 12.1 Å². The number of nitrogens with one attached hydrogen (secondary N) is 1. The van der Waals surface area contributed by atoms with Crippen molar-refractivity contribution in [3.63, 3.8) is 0 Å². The van der Waals surface area contributed by atoms with Crippen LogP contribution in [0.4, 0.5) is 0 Å². The molecule has 0 amide bonds. The third-order valence-corrected chi connectivity index (χ3v) is 2.43. The van der Waals surface area contributed by atoms with Crippen molar-refractivity contribution in [2.24, 2.45) is 0 Å². The Morgan fingerprint density at radius 3 is 2.59 bits per heavy atom. The zero-order chi connectivity index (χ0) is 12.7. The Morgan fingerprint density at radius 2 is 2.00 bits per heavy atom. The van der Waals surface area contributed by atoms with E-state index < -0.39 is 0 Å². The van der Waals surface area contributed by atoms with Gasteiger partial charge in [0.1, 0.15) is 11.5 Å². The van der Waals surface area contributed by atoms with E-state index in [-0.39, 0.29) is 17.5 Å². The minimum Gasteiger partial charge on any atom is -0.508 e. The fourth-order valence-corrected chi connectivity index (χ4v) is 1.54. The van der Waals surface area contributed by atoms with Crippen molar-refractivity contribution in [3.05, 3.63) is 36.6 Å². The van der Waals surface area contributed by atoms with E-state index in [0.29, 0.717) is 6.61 Å². The summed E-state index contributed by atoms with van der Waals surface area (Å²) in [6, 6.07) is 4.65. The van der Waals surface area contributed by atoms with Gasteiger partial charge in [-0.2, -0.15) is 0 Å². The molecule has 17 heavy (non-hydrogen) atoms. The molecule has 0 aliphatic carbocycles. The summed E-state index contributed by atoms with van der Waals surface area (Å²) < 4.78 is 5.00. The standard InChI is InChI=1S/C13H19NO3/c1-3-17-6-4-5-14-10(2)11-7-12(15)9-13(16)8-11/h3,7-10,14-16H,1,4-6H2,2H3. The molecule has 0 heterocycles. The zero-order valence-electron chi connectivity index (χ0n) is 10.0. The Morgan fingerprint density at radius 1 is 1.35 bits per heavy atom. The van der Waals surface area contributed by atoms with Gasteiger partial charge in [-0.3, -0.25) is 0 Å². The van der Waals surface area contributed by atoms with Gasteiger partial charge < -0.3 is 20.3 Å². The van der Waals surface area contributed by atoms with Crippen LogP contribution in [0.1, 0.15) is 24.9 Å². The van der Waals surface area contributed by atoms with Crippen molar-refractivity contribution in [1.82, 2.24) is 5.32 Å². The highest BCUT2D eigenvalue weighted by Gasteiger charge is 2.07. The highest BCUT2D eigenvalue weighted by atomic mass is 16.5. The van der Waals surface area contributed by atoms with Crippen LogP contribution in [0.2, 0.25) is 0 Å². The molecule has 1 aromatic carbocycles. The van der Waals surface area contributed by atoms with Gasteiger partial charge in [-0.05, 0) is 37.6 Å². The summed E-state index contributed by atoms with van der Waals surface area (Å²) in [7, 11) is 0. The van der Waals surface area contributed by atoms with Crippen molar-refractivity contribution in [3.8, 4) is 11.5 Å². The number of hydrogen-bond acceptors (Lipinski definition) is 4. The summed E-state index contributed by atoms with van der Waals surface area (Å²) in [6.45, 7) is 6.87. The van der Waals surface area contributed by atoms with E-state index >= 15 is 0 Å². The van der Waals surface area contributed by atoms with E-state index in [2.05, 4.69) is 11.9 Å². The van der Waals surface area contributed by atoms with Gasteiger partial charge in [-0.25, -0.2) is 0 Å². The third kappa shape index (κ3) is 4.78. The lowest BCUT2D eigenvalue weighted by Crippen LogP contribution is -2.20. The van der Waals surface area contributed by atoms with Gasteiger partial charge in [-0.15, -0.1) is 0 Å². The molecule has 0 bridgehead atoms. The van der Waals surface area contributed by atoms with Crippen molar-refractivity contribution in [2.75, 3.05) is 13.2 Å². The molecule has 0 fully saturated rings. The van der Waals surface area contributed by atoms with Gasteiger partial charge in [-0.1, -0.05) is 6.58 Å². The quantitative estimate of drug-likeness (QED) is 0.503. The van der Waals surface area contributed by atoms with Crippen LogP contribution in [0.3, 0.4) is 0 Å². The second kappa shape index (κ2) is 6.81. The number of benzene rings is 1. The van der Waals surface area contributed by atoms with Gasteiger partial charge in [0.2, 0.25) is 0 Å². The van der Waals surface area contributed by atoms with E-state index in [0.717, 1.165) is 18.5 Å². The minimum atomic E-state index is 0.0664. The minimum absolute atomic E-state index is 0.0664. The number of phenolic OH excluding ortho intramolecular Hbond substituents is 2. The van der Waals surface area contributed by atoms with Crippen LogP contribution in [0, 0.1) is 0 Å². The van der Waals surface area contributed by atoms with Gasteiger partial charge in [0.05, 0.1) is 12.9 Å². The van der Waals surface area contributed by atoms with Crippen LogP contribution < -0.4 is 5.32 Å². The maximum absolute atomic E-state index is 9.37. The Labute approximate surface area is 102 Å². The van der Waals surface area contributed by atoms with E-state index in [1.165, 1.54) is 12.3 Å². The lowest BCUT2D eigenvalue weighted by molar-refractivity contribution is 0.243. The molecule has 1 unspecified atom stereocenters. The fraction of sp³-hybridized carbons (Fsp3) is 0.385. The highest BCUT2D eigenvalue weighted by Crippen LogP contribution is 2.24. The molecule has 1 atom stereocenters. The molecule has 0 aliphatic heterocycles. The molecule has 1 rings (SSSR count). The Bertz CT molecular complexity index is 345. The number of phenols is 2.